The summed E-state index contributed by atoms with van der Waals surface area (Å²) in [5.41, 5.74) is 1.07. The van der Waals surface area contributed by atoms with Crippen molar-refractivity contribution in [1.29, 1.82) is 0 Å². The molecule has 1 fully saturated rings. The molecule has 1 saturated heterocycles. The molecule has 0 spiro atoms. The number of aryl methyl sites for hydroxylation is 1. The number of carbonyl (C=O) groups is 1. The Morgan fingerprint density at radius 2 is 2.59 bits per heavy atom. The molecule has 5 nitrogen and oxygen atoms in total. The molecule has 2 rings (SSSR count). The van der Waals surface area contributed by atoms with Crippen molar-refractivity contribution in [1.82, 2.24) is 15.2 Å². The summed E-state index contributed by atoms with van der Waals surface area (Å²) in [5.74, 6) is -0.0517. The lowest BCUT2D eigenvalue weighted by atomic mass is 10.2. The number of nitrogens with zero attached hydrogens (tertiary/aromatic N) is 2. The van der Waals surface area contributed by atoms with Crippen molar-refractivity contribution in [3.63, 3.8) is 0 Å². The van der Waals surface area contributed by atoms with Gasteiger partial charge in [0.05, 0.1) is 17.3 Å². The van der Waals surface area contributed by atoms with Crippen molar-refractivity contribution < 1.29 is 9.53 Å². The zero-order chi connectivity index (χ0) is 12.3. The molecule has 6 heteroatoms. The number of thiazole rings is 1. The average molecular weight is 255 g/mol. The van der Waals surface area contributed by atoms with E-state index in [9.17, 15) is 4.79 Å². The minimum atomic E-state index is -0.353. The maximum atomic E-state index is 11.5. The highest BCUT2D eigenvalue weighted by molar-refractivity contribution is 7.09. The third-order valence-corrected chi connectivity index (χ3v) is 3.56. The summed E-state index contributed by atoms with van der Waals surface area (Å²) in [6.45, 7) is 4.88. The molecule has 0 radical (unpaired) electrons. The first-order valence-electron chi connectivity index (χ1n) is 5.65. The monoisotopic (exact) mass is 255 g/mol. The van der Waals surface area contributed by atoms with Crippen molar-refractivity contribution in [2.75, 3.05) is 26.7 Å². The Kier molecular flexibility index (Phi) is 4.09. The number of amides is 1. The van der Waals surface area contributed by atoms with Crippen molar-refractivity contribution in [3.8, 4) is 0 Å². The SMILES string of the molecule is CNC(=O)C1CN(Cc2csc(C)n2)CCO1. The summed E-state index contributed by atoms with van der Waals surface area (Å²) in [6.07, 6.45) is -0.353. The molecule has 1 atom stereocenters. The van der Waals surface area contributed by atoms with Gasteiger partial charge in [-0.1, -0.05) is 0 Å². The smallest absolute Gasteiger partial charge is 0.250 e. The van der Waals surface area contributed by atoms with Crippen molar-refractivity contribution >= 4 is 17.2 Å². The van der Waals surface area contributed by atoms with Crippen molar-refractivity contribution in [3.05, 3.63) is 16.1 Å². The van der Waals surface area contributed by atoms with Crippen LogP contribution in [0.25, 0.3) is 0 Å². The van der Waals surface area contributed by atoms with Crippen LogP contribution in [0.2, 0.25) is 0 Å². The molecule has 1 N–H and O–H groups in total. The quantitative estimate of drug-likeness (QED) is 0.849. The zero-order valence-corrected chi connectivity index (χ0v) is 10.9. The van der Waals surface area contributed by atoms with E-state index in [0.29, 0.717) is 13.2 Å². The number of ether oxygens (including phenoxy) is 1. The summed E-state index contributed by atoms with van der Waals surface area (Å²) in [6, 6.07) is 0. The molecule has 1 aromatic rings. The summed E-state index contributed by atoms with van der Waals surface area (Å²) in [5, 5.41) is 5.77. The molecule has 2 heterocycles. The van der Waals surface area contributed by atoms with E-state index in [1.165, 1.54) is 0 Å². The summed E-state index contributed by atoms with van der Waals surface area (Å²) in [4.78, 5) is 18.1. The molecule has 17 heavy (non-hydrogen) atoms. The second-order valence-corrected chi connectivity index (χ2v) is 5.13. The van der Waals surface area contributed by atoms with Crippen LogP contribution in [-0.2, 0) is 16.1 Å². The summed E-state index contributed by atoms with van der Waals surface area (Å²) < 4.78 is 5.43. The maximum absolute atomic E-state index is 11.5. The van der Waals surface area contributed by atoms with E-state index in [2.05, 4.69) is 20.6 Å². The van der Waals surface area contributed by atoms with E-state index in [1.54, 1.807) is 18.4 Å². The number of morpholine rings is 1. The van der Waals surface area contributed by atoms with Gasteiger partial charge in [-0.05, 0) is 6.92 Å². The van der Waals surface area contributed by atoms with Crippen molar-refractivity contribution in [2.45, 2.75) is 19.6 Å². The number of likely N-dealkylation sites (N-methyl/N-ethyl adjacent to an activating group) is 1. The van der Waals surface area contributed by atoms with Crippen molar-refractivity contribution in [2.24, 2.45) is 0 Å². The molecular formula is C11H17N3O2S. The third-order valence-electron chi connectivity index (χ3n) is 2.74. The highest BCUT2D eigenvalue weighted by atomic mass is 32.1. The standard InChI is InChI=1S/C11H17N3O2S/c1-8-13-9(7-17-8)5-14-3-4-16-10(6-14)11(15)12-2/h7,10H,3-6H2,1-2H3,(H,12,15). The van der Waals surface area contributed by atoms with Crippen LogP contribution in [0.4, 0.5) is 0 Å². The fourth-order valence-electron chi connectivity index (χ4n) is 1.88. The first-order chi connectivity index (χ1) is 8.19. The van der Waals surface area contributed by atoms with Crippen LogP contribution in [0.5, 0.6) is 0 Å². The Bertz CT molecular complexity index is 394. The number of aromatic nitrogens is 1. The highest BCUT2D eigenvalue weighted by Crippen LogP contribution is 2.13. The fourth-order valence-corrected chi connectivity index (χ4v) is 2.48. The summed E-state index contributed by atoms with van der Waals surface area (Å²) >= 11 is 1.66. The molecule has 94 valence electrons. The van der Waals surface area contributed by atoms with Gasteiger partial charge >= 0.3 is 0 Å². The highest BCUT2D eigenvalue weighted by Gasteiger charge is 2.26. The van der Waals surface area contributed by atoms with Crippen LogP contribution in [0, 0.1) is 6.92 Å². The van der Waals surface area contributed by atoms with Gasteiger partial charge in [-0.3, -0.25) is 9.69 Å². The maximum Gasteiger partial charge on any atom is 0.250 e. The average Bonchev–Trinajstić information content (AvgIpc) is 2.74. The number of rotatable bonds is 3. The first kappa shape index (κ1) is 12.5. The van der Waals surface area contributed by atoms with Crippen LogP contribution < -0.4 is 5.32 Å². The molecule has 0 bridgehead atoms. The minimum Gasteiger partial charge on any atom is -0.366 e. The van der Waals surface area contributed by atoms with Crippen LogP contribution in [0.15, 0.2) is 5.38 Å². The lowest BCUT2D eigenvalue weighted by Gasteiger charge is -2.31. The second-order valence-electron chi connectivity index (χ2n) is 4.07. The first-order valence-corrected chi connectivity index (χ1v) is 6.53. The van der Waals surface area contributed by atoms with Gasteiger partial charge < -0.3 is 10.1 Å². The topological polar surface area (TPSA) is 54.5 Å². The predicted octanol–water partition coefficient (Wildman–Crippen LogP) is 0.398. The van der Waals surface area contributed by atoms with Gasteiger partial charge in [0.25, 0.3) is 0 Å². The van der Waals surface area contributed by atoms with E-state index in [0.717, 1.165) is 23.8 Å². The molecule has 0 aromatic carbocycles. The minimum absolute atomic E-state index is 0.0517. The normalized spacial score (nSPS) is 21.4. The van der Waals surface area contributed by atoms with Gasteiger partial charge in [0, 0.05) is 32.1 Å². The van der Waals surface area contributed by atoms with Gasteiger partial charge in [-0.2, -0.15) is 0 Å². The lowest BCUT2D eigenvalue weighted by molar-refractivity contribution is -0.138. The molecule has 1 aromatic heterocycles. The largest absolute Gasteiger partial charge is 0.366 e. The van der Waals surface area contributed by atoms with Gasteiger partial charge in [-0.25, -0.2) is 4.98 Å². The van der Waals surface area contributed by atoms with Gasteiger partial charge in [0.15, 0.2) is 0 Å². The van der Waals surface area contributed by atoms with Crippen LogP contribution in [0.1, 0.15) is 10.7 Å². The molecule has 0 saturated carbocycles. The number of hydrogen-bond acceptors (Lipinski definition) is 5. The molecule has 1 aliphatic rings. The molecule has 1 amide bonds. The number of hydrogen-bond donors (Lipinski definition) is 1. The van der Waals surface area contributed by atoms with E-state index in [4.69, 9.17) is 4.74 Å². The van der Waals surface area contributed by atoms with E-state index in [1.807, 2.05) is 6.92 Å². The Labute approximate surface area is 105 Å². The fraction of sp³-hybridized carbons (Fsp3) is 0.636. The molecular weight excluding hydrogens is 238 g/mol. The Hall–Kier alpha value is -0.980. The second kappa shape index (κ2) is 5.57. The van der Waals surface area contributed by atoms with Gasteiger partial charge in [-0.15, -0.1) is 11.3 Å². The van der Waals surface area contributed by atoms with E-state index < -0.39 is 0 Å². The zero-order valence-electron chi connectivity index (χ0n) is 10.1. The van der Waals surface area contributed by atoms with Gasteiger partial charge in [0.2, 0.25) is 5.91 Å². The van der Waals surface area contributed by atoms with E-state index >= 15 is 0 Å². The van der Waals surface area contributed by atoms with Crippen LogP contribution >= 0.6 is 11.3 Å². The van der Waals surface area contributed by atoms with Crippen LogP contribution in [0.3, 0.4) is 0 Å². The van der Waals surface area contributed by atoms with Crippen LogP contribution in [-0.4, -0.2) is 48.6 Å². The Morgan fingerprint density at radius 3 is 3.24 bits per heavy atom. The van der Waals surface area contributed by atoms with E-state index in [-0.39, 0.29) is 12.0 Å². The molecule has 0 aliphatic carbocycles. The Balaban J connectivity index is 1.91. The van der Waals surface area contributed by atoms with Gasteiger partial charge in [0.1, 0.15) is 6.10 Å². The summed E-state index contributed by atoms with van der Waals surface area (Å²) in [7, 11) is 1.63. The lowest BCUT2D eigenvalue weighted by Crippen LogP contribution is -2.48. The number of carbonyl (C=O) groups excluding carboxylic acids is 1. The Morgan fingerprint density at radius 1 is 1.76 bits per heavy atom. The third kappa shape index (κ3) is 3.24. The molecule has 1 aliphatic heterocycles. The predicted molar refractivity (Wildman–Crippen MR) is 65.9 cm³/mol. The number of nitrogens with one attached hydrogen (secondary N) is 1. The molecule has 1 unspecified atom stereocenters.